The Morgan fingerprint density at radius 1 is 1.30 bits per heavy atom. The predicted molar refractivity (Wildman–Crippen MR) is 81.0 cm³/mol. The molecule has 1 fully saturated rings. The fraction of sp³-hybridized carbons (Fsp3) is 0.571. The summed E-state index contributed by atoms with van der Waals surface area (Å²) in [6.07, 6.45) is 1.06. The van der Waals surface area contributed by atoms with Crippen molar-refractivity contribution in [1.29, 1.82) is 0 Å². The molecule has 0 spiro atoms. The Bertz CT molecular complexity index is 579. The van der Waals surface area contributed by atoms with E-state index in [1.807, 2.05) is 0 Å². The van der Waals surface area contributed by atoms with Gasteiger partial charge in [-0.1, -0.05) is 31.5 Å². The van der Waals surface area contributed by atoms with Crippen molar-refractivity contribution in [3.63, 3.8) is 0 Å². The van der Waals surface area contributed by atoms with Crippen molar-refractivity contribution in [1.82, 2.24) is 4.31 Å². The molecule has 2 N–H and O–H groups in total. The zero-order chi connectivity index (χ0) is 14.9. The van der Waals surface area contributed by atoms with Gasteiger partial charge in [-0.05, 0) is 36.0 Å². The fourth-order valence-corrected chi connectivity index (χ4v) is 5.02. The van der Waals surface area contributed by atoms with Gasteiger partial charge in [-0.15, -0.1) is 0 Å². The van der Waals surface area contributed by atoms with Crippen LogP contribution < -0.4 is 5.73 Å². The van der Waals surface area contributed by atoms with Gasteiger partial charge in [0.05, 0.1) is 5.02 Å². The van der Waals surface area contributed by atoms with Crippen LogP contribution in [0, 0.1) is 11.8 Å². The molecule has 1 saturated heterocycles. The SMILES string of the molecule is CC1CC(C)CN(S(=O)(=O)c2cc(CN)ccc2Cl)C1. The van der Waals surface area contributed by atoms with E-state index in [0.717, 1.165) is 12.0 Å². The zero-order valence-corrected chi connectivity index (χ0v) is 13.4. The van der Waals surface area contributed by atoms with E-state index < -0.39 is 10.0 Å². The molecule has 2 atom stereocenters. The summed E-state index contributed by atoms with van der Waals surface area (Å²) in [6, 6.07) is 4.94. The van der Waals surface area contributed by atoms with Crippen molar-refractivity contribution in [3.05, 3.63) is 28.8 Å². The van der Waals surface area contributed by atoms with Gasteiger partial charge in [-0.25, -0.2) is 8.42 Å². The van der Waals surface area contributed by atoms with E-state index in [4.69, 9.17) is 17.3 Å². The standard InChI is InChI=1S/C14H21ClN2O2S/c1-10-5-11(2)9-17(8-10)20(18,19)14-6-12(7-16)3-4-13(14)15/h3-4,6,10-11H,5,7-9,16H2,1-2H3. The first-order valence-corrected chi connectivity index (χ1v) is 8.65. The normalized spacial score (nSPS) is 24.8. The Kier molecular flexibility index (Phi) is 4.74. The molecule has 112 valence electrons. The lowest BCUT2D eigenvalue weighted by atomic mass is 9.94. The van der Waals surface area contributed by atoms with Gasteiger partial charge < -0.3 is 5.73 Å². The minimum atomic E-state index is -3.55. The van der Waals surface area contributed by atoms with Gasteiger partial charge in [0.15, 0.2) is 0 Å². The van der Waals surface area contributed by atoms with Crippen LogP contribution in [0.15, 0.2) is 23.1 Å². The van der Waals surface area contributed by atoms with Crippen molar-refractivity contribution in [2.24, 2.45) is 17.6 Å². The molecule has 2 rings (SSSR count). The number of halogens is 1. The van der Waals surface area contributed by atoms with Gasteiger partial charge >= 0.3 is 0 Å². The van der Waals surface area contributed by atoms with Gasteiger partial charge in [0.2, 0.25) is 10.0 Å². The number of nitrogens with zero attached hydrogens (tertiary/aromatic N) is 1. The summed E-state index contributed by atoms with van der Waals surface area (Å²) in [5.41, 5.74) is 6.35. The lowest BCUT2D eigenvalue weighted by Gasteiger charge is -2.34. The number of hydrogen-bond acceptors (Lipinski definition) is 3. The number of rotatable bonds is 3. The Labute approximate surface area is 126 Å². The Morgan fingerprint density at radius 2 is 1.90 bits per heavy atom. The monoisotopic (exact) mass is 316 g/mol. The Balaban J connectivity index is 2.39. The molecule has 1 aromatic carbocycles. The van der Waals surface area contributed by atoms with Gasteiger partial charge in [-0.3, -0.25) is 0 Å². The van der Waals surface area contributed by atoms with Crippen LogP contribution in [-0.2, 0) is 16.6 Å². The van der Waals surface area contributed by atoms with Crippen LogP contribution >= 0.6 is 11.6 Å². The molecule has 0 bridgehead atoms. The first-order chi connectivity index (χ1) is 9.34. The summed E-state index contributed by atoms with van der Waals surface area (Å²) in [5, 5.41) is 0.257. The van der Waals surface area contributed by atoms with Crippen LogP contribution in [0.5, 0.6) is 0 Å². The largest absolute Gasteiger partial charge is 0.326 e. The number of piperidine rings is 1. The average molecular weight is 317 g/mol. The minimum absolute atomic E-state index is 0.170. The predicted octanol–water partition coefficient (Wildman–Crippen LogP) is 2.47. The van der Waals surface area contributed by atoms with Crippen molar-refractivity contribution >= 4 is 21.6 Å². The summed E-state index contributed by atoms with van der Waals surface area (Å²) < 4.78 is 27.1. The lowest BCUT2D eigenvalue weighted by Crippen LogP contribution is -2.42. The maximum atomic E-state index is 12.8. The molecular formula is C14H21ClN2O2S. The number of hydrogen-bond donors (Lipinski definition) is 1. The molecule has 0 amide bonds. The van der Waals surface area contributed by atoms with E-state index in [0.29, 0.717) is 31.5 Å². The van der Waals surface area contributed by atoms with Crippen LogP contribution in [-0.4, -0.2) is 25.8 Å². The molecule has 1 aliphatic heterocycles. The van der Waals surface area contributed by atoms with Crippen LogP contribution in [0.25, 0.3) is 0 Å². The fourth-order valence-electron chi connectivity index (χ4n) is 2.81. The van der Waals surface area contributed by atoms with E-state index >= 15 is 0 Å². The molecule has 0 saturated carbocycles. The van der Waals surface area contributed by atoms with Crippen LogP contribution in [0.4, 0.5) is 0 Å². The minimum Gasteiger partial charge on any atom is -0.326 e. The van der Waals surface area contributed by atoms with Crippen LogP contribution in [0.1, 0.15) is 25.8 Å². The average Bonchev–Trinajstić information content (AvgIpc) is 2.38. The van der Waals surface area contributed by atoms with Gasteiger partial charge in [-0.2, -0.15) is 4.31 Å². The smallest absolute Gasteiger partial charge is 0.244 e. The molecule has 1 aromatic rings. The van der Waals surface area contributed by atoms with E-state index in [1.165, 1.54) is 0 Å². The Morgan fingerprint density at radius 3 is 2.45 bits per heavy atom. The second-order valence-corrected chi connectivity index (χ2v) is 8.05. The third-order valence-corrected chi connectivity index (χ3v) is 6.00. The quantitative estimate of drug-likeness (QED) is 0.931. The second-order valence-electron chi connectivity index (χ2n) is 5.74. The summed E-state index contributed by atoms with van der Waals surface area (Å²) in [7, 11) is -3.55. The van der Waals surface area contributed by atoms with Crippen LogP contribution in [0.3, 0.4) is 0 Å². The van der Waals surface area contributed by atoms with Gasteiger partial charge in [0.1, 0.15) is 4.90 Å². The zero-order valence-electron chi connectivity index (χ0n) is 11.8. The first-order valence-electron chi connectivity index (χ1n) is 6.83. The second kappa shape index (κ2) is 6.02. The van der Waals surface area contributed by atoms with Gasteiger partial charge in [0.25, 0.3) is 0 Å². The molecule has 2 unspecified atom stereocenters. The highest BCUT2D eigenvalue weighted by atomic mass is 35.5. The summed E-state index contributed by atoms with van der Waals surface area (Å²) in [6.45, 7) is 5.56. The van der Waals surface area contributed by atoms with Crippen molar-refractivity contribution < 1.29 is 8.42 Å². The van der Waals surface area contributed by atoms with Crippen molar-refractivity contribution in [2.75, 3.05) is 13.1 Å². The molecule has 0 radical (unpaired) electrons. The molecule has 6 heteroatoms. The van der Waals surface area contributed by atoms with E-state index in [-0.39, 0.29) is 9.92 Å². The highest BCUT2D eigenvalue weighted by Gasteiger charge is 2.32. The van der Waals surface area contributed by atoms with Gasteiger partial charge in [0, 0.05) is 19.6 Å². The molecule has 0 aliphatic carbocycles. The third kappa shape index (κ3) is 3.17. The molecule has 4 nitrogen and oxygen atoms in total. The highest BCUT2D eigenvalue weighted by molar-refractivity contribution is 7.89. The van der Waals surface area contributed by atoms with Crippen molar-refractivity contribution in [2.45, 2.75) is 31.7 Å². The molecule has 20 heavy (non-hydrogen) atoms. The van der Waals surface area contributed by atoms with Crippen molar-refractivity contribution in [3.8, 4) is 0 Å². The summed E-state index contributed by atoms with van der Waals surface area (Å²) >= 11 is 6.08. The lowest BCUT2D eigenvalue weighted by molar-refractivity contribution is 0.222. The summed E-state index contributed by atoms with van der Waals surface area (Å²) in [5.74, 6) is 0.731. The first kappa shape index (κ1) is 15.8. The number of benzene rings is 1. The maximum absolute atomic E-state index is 12.8. The Hall–Kier alpha value is -0.620. The summed E-state index contributed by atoms with van der Waals surface area (Å²) in [4.78, 5) is 0.170. The molecule has 1 aliphatic rings. The third-order valence-electron chi connectivity index (χ3n) is 3.68. The number of nitrogens with two attached hydrogens (primary N) is 1. The van der Waals surface area contributed by atoms with E-state index in [2.05, 4.69) is 13.8 Å². The topological polar surface area (TPSA) is 63.4 Å². The molecule has 0 aromatic heterocycles. The molecular weight excluding hydrogens is 296 g/mol. The van der Waals surface area contributed by atoms with Crippen LogP contribution in [0.2, 0.25) is 5.02 Å². The van der Waals surface area contributed by atoms with E-state index in [1.54, 1.807) is 22.5 Å². The van der Waals surface area contributed by atoms with E-state index in [9.17, 15) is 8.42 Å². The maximum Gasteiger partial charge on any atom is 0.244 e. The number of sulfonamides is 1. The molecule has 1 heterocycles. The highest BCUT2D eigenvalue weighted by Crippen LogP contribution is 2.30.